The molecule has 0 fully saturated rings. The predicted molar refractivity (Wildman–Crippen MR) is 104 cm³/mol. The summed E-state index contributed by atoms with van der Waals surface area (Å²) in [7, 11) is 1.46. The quantitative estimate of drug-likeness (QED) is 0.580. The maximum absolute atomic E-state index is 13.7. The zero-order valence-corrected chi connectivity index (χ0v) is 16.2. The first-order valence-corrected chi connectivity index (χ1v) is 8.80. The van der Waals surface area contributed by atoms with Crippen molar-refractivity contribution in [2.45, 2.75) is 13.8 Å². The summed E-state index contributed by atoms with van der Waals surface area (Å²) < 4.78 is 29.4. The molecule has 29 heavy (non-hydrogen) atoms. The van der Waals surface area contributed by atoms with Gasteiger partial charge in [0.2, 0.25) is 0 Å². The van der Waals surface area contributed by atoms with Crippen molar-refractivity contribution < 1.29 is 28.5 Å². The maximum Gasteiger partial charge on any atom is 0.344 e. The van der Waals surface area contributed by atoms with Crippen LogP contribution in [0.4, 0.5) is 15.9 Å². The average Bonchev–Trinajstić information content (AvgIpc) is 2.69. The van der Waals surface area contributed by atoms with Gasteiger partial charge in [0.05, 0.1) is 19.2 Å². The molecule has 0 radical (unpaired) electrons. The zero-order chi connectivity index (χ0) is 21.0. The van der Waals surface area contributed by atoms with Gasteiger partial charge in [-0.1, -0.05) is 0 Å². The molecule has 2 aromatic carbocycles. The number of halogens is 1. The van der Waals surface area contributed by atoms with E-state index in [9.17, 15) is 14.3 Å². The lowest BCUT2D eigenvalue weighted by atomic mass is 10.1. The summed E-state index contributed by atoms with van der Waals surface area (Å²) >= 11 is 0. The molecule has 0 spiro atoms. The van der Waals surface area contributed by atoms with Gasteiger partial charge in [-0.2, -0.15) is 0 Å². The first-order valence-electron chi connectivity index (χ1n) is 8.80. The molecule has 152 valence electrons. The number of phenols is 1. The monoisotopic (exact) mass is 401 g/mol. The fourth-order valence-electron chi connectivity index (χ4n) is 2.70. The number of esters is 1. The van der Waals surface area contributed by atoms with Crippen LogP contribution in [-0.2, 0) is 9.53 Å². The van der Waals surface area contributed by atoms with Crippen LogP contribution in [0.15, 0.2) is 30.6 Å². The molecule has 0 amide bonds. The molecule has 1 aromatic heterocycles. The number of fused-ring (bicyclic) bond motifs is 1. The SMILES string of the molecule is CCOC(=O)COc1cc2ncnc(Nc3cc(F)cc(O)c3C)c2cc1OC. The Labute approximate surface area is 166 Å². The Bertz CT molecular complexity index is 1060. The van der Waals surface area contributed by atoms with Crippen molar-refractivity contribution >= 4 is 28.4 Å². The minimum absolute atomic E-state index is 0.168. The smallest absolute Gasteiger partial charge is 0.344 e. The van der Waals surface area contributed by atoms with Crippen LogP contribution >= 0.6 is 0 Å². The minimum Gasteiger partial charge on any atom is -0.507 e. The number of hydrogen-bond donors (Lipinski definition) is 2. The molecule has 3 aromatic rings. The van der Waals surface area contributed by atoms with Gasteiger partial charge >= 0.3 is 5.97 Å². The second-order valence-electron chi connectivity index (χ2n) is 6.06. The molecule has 0 saturated carbocycles. The van der Waals surface area contributed by atoms with E-state index in [1.165, 1.54) is 19.5 Å². The summed E-state index contributed by atoms with van der Waals surface area (Å²) in [5.41, 5.74) is 1.35. The van der Waals surface area contributed by atoms with Gasteiger partial charge in [0.1, 0.15) is 23.7 Å². The third-order valence-electron chi connectivity index (χ3n) is 4.17. The van der Waals surface area contributed by atoms with Crippen LogP contribution in [0.3, 0.4) is 0 Å². The molecule has 0 atom stereocenters. The Balaban J connectivity index is 1.97. The summed E-state index contributed by atoms with van der Waals surface area (Å²) in [6.07, 6.45) is 1.33. The standard InChI is InChI=1S/C20H20FN3O5/c1-4-28-19(26)9-29-18-8-15-13(7-17(18)27-3)20(23-10-22-15)24-14-5-12(21)6-16(25)11(14)2/h5-8,10,25H,4,9H2,1-3H3,(H,22,23,24). The first-order chi connectivity index (χ1) is 13.9. The molecule has 0 aliphatic heterocycles. The third kappa shape index (κ3) is 4.45. The molecule has 9 heteroatoms. The molecule has 0 aliphatic carbocycles. The van der Waals surface area contributed by atoms with Crippen molar-refractivity contribution in [3.05, 3.63) is 42.0 Å². The van der Waals surface area contributed by atoms with Crippen LogP contribution in [0.2, 0.25) is 0 Å². The maximum atomic E-state index is 13.7. The fourth-order valence-corrected chi connectivity index (χ4v) is 2.70. The normalized spacial score (nSPS) is 10.6. The Morgan fingerprint density at radius 2 is 2.00 bits per heavy atom. The van der Waals surface area contributed by atoms with E-state index in [0.29, 0.717) is 39.5 Å². The molecule has 0 unspecified atom stereocenters. The highest BCUT2D eigenvalue weighted by atomic mass is 19.1. The van der Waals surface area contributed by atoms with Crippen LogP contribution in [0.25, 0.3) is 10.9 Å². The number of methoxy groups -OCH3 is 1. The molecule has 8 nitrogen and oxygen atoms in total. The Kier molecular flexibility index (Phi) is 5.96. The van der Waals surface area contributed by atoms with Gasteiger partial charge in [0.25, 0.3) is 0 Å². The minimum atomic E-state index is -0.582. The molecule has 0 aliphatic rings. The average molecular weight is 401 g/mol. The van der Waals surface area contributed by atoms with E-state index in [2.05, 4.69) is 15.3 Å². The van der Waals surface area contributed by atoms with Gasteiger partial charge in [-0.05, 0) is 26.0 Å². The second kappa shape index (κ2) is 8.59. The number of carbonyl (C=O) groups excluding carboxylic acids is 1. The van der Waals surface area contributed by atoms with Crippen molar-refractivity contribution in [1.82, 2.24) is 9.97 Å². The highest BCUT2D eigenvalue weighted by Crippen LogP contribution is 2.36. The van der Waals surface area contributed by atoms with E-state index in [4.69, 9.17) is 14.2 Å². The van der Waals surface area contributed by atoms with Crippen molar-refractivity contribution in [2.24, 2.45) is 0 Å². The lowest BCUT2D eigenvalue weighted by molar-refractivity contribution is -0.145. The lowest BCUT2D eigenvalue weighted by Gasteiger charge is -2.14. The van der Waals surface area contributed by atoms with Crippen LogP contribution < -0.4 is 14.8 Å². The molecule has 3 rings (SSSR count). The number of benzene rings is 2. The van der Waals surface area contributed by atoms with Gasteiger partial charge in [-0.15, -0.1) is 0 Å². The number of ether oxygens (including phenoxy) is 3. The van der Waals surface area contributed by atoms with Crippen LogP contribution in [0, 0.1) is 12.7 Å². The highest BCUT2D eigenvalue weighted by molar-refractivity contribution is 5.93. The zero-order valence-electron chi connectivity index (χ0n) is 16.2. The van der Waals surface area contributed by atoms with E-state index in [-0.39, 0.29) is 19.0 Å². The molecule has 0 bridgehead atoms. The summed E-state index contributed by atoms with van der Waals surface area (Å²) in [5, 5.41) is 13.4. The molecule has 1 heterocycles. The summed E-state index contributed by atoms with van der Waals surface area (Å²) in [5.74, 6) is -0.186. The molecular formula is C20H20FN3O5. The highest BCUT2D eigenvalue weighted by Gasteiger charge is 2.15. The fraction of sp³-hybridized carbons (Fsp3) is 0.250. The number of nitrogens with zero attached hydrogens (tertiary/aromatic N) is 2. The van der Waals surface area contributed by atoms with Crippen molar-refractivity contribution in [2.75, 3.05) is 25.6 Å². The Morgan fingerprint density at radius 3 is 2.72 bits per heavy atom. The van der Waals surface area contributed by atoms with E-state index < -0.39 is 11.8 Å². The number of phenolic OH excluding ortho intramolecular Hbond substituents is 1. The van der Waals surface area contributed by atoms with E-state index >= 15 is 0 Å². The van der Waals surface area contributed by atoms with Crippen LogP contribution in [-0.4, -0.2) is 41.4 Å². The third-order valence-corrected chi connectivity index (χ3v) is 4.17. The van der Waals surface area contributed by atoms with E-state index in [1.807, 2.05) is 0 Å². The van der Waals surface area contributed by atoms with Crippen LogP contribution in [0.1, 0.15) is 12.5 Å². The van der Waals surface area contributed by atoms with E-state index in [1.54, 1.807) is 26.0 Å². The Morgan fingerprint density at radius 1 is 1.21 bits per heavy atom. The number of carbonyl (C=O) groups is 1. The van der Waals surface area contributed by atoms with E-state index in [0.717, 1.165) is 6.07 Å². The second-order valence-corrected chi connectivity index (χ2v) is 6.06. The number of hydrogen-bond acceptors (Lipinski definition) is 8. The number of aromatic nitrogens is 2. The number of aromatic hydroxyl groups is 1. The number of nitrogens with one attached hydrogen (secondary N) is 1. The summed E-state index contributed by atoms with van der Waals surface area (Å²) in [4.78, 5) is 20.0. The van der Waals surface area contributed by atoms with Crippen molar-refractivity contribution in [3.63, 3.8) is 0 Å². The van der Waals surface area contributed by atoms with Crippen molar-refractivity contribution in [3.8, 4) is 17.2 Å². The largest absolute Gasteiger partial charge is 0.507 e. The predicted octanol–water partition coefficient (Wildman–Crippen LogP) is 3.48. The Hall–Kier alpha value is -3.62. The van der Waals surface area contributed by atoms with Gasteiger partial charge < -0.3 is 24.6 Å². The van der Waals surface area contributed by atoms with Crippen LogP contribution in [0.5, 0.6) is 17.2 Å². The van der Waals surface area contributed by atoms with Gasteiger partial charge in [-0.25, -0.2) is 19.2 Å². The lowest BCUT2D eigenvalue weighted by Crippen LogP contribution is -2.15. The first kappa shape index (κ1) is 20.1. The van der Waals surface area contributed by atoms with Gasteiger partial charge in [0.15, 0.2) is 18.1 Å². The number of rotatable bonds is 7. The summed E-state index contributed by atoms with van der Waals surface area (Å²) in [6.45, 7) is 3.35. The molecule has 2 N–H and O–H groups in total. The molecular weight excluding hydrogens is 381 g/mol. The number of anilines is 2. The topological polar surface area (TPSA) is 103 Å². The van der Waals surface area contributed by atoms with Gasteiger partial charge in [-0.3, -0.25) is 0 Å². The molecule has 0 saturated heterocycles. The van der Waals surface area contributed by atoms with Crippen molar-refractivity contribution in [1.29, 1.82) is 0 Å². The summed E-state index contributed by atoms with van der Waals surface area (Å²) in [6, 6.07) is 5.55. The van der Waals surface area contributed by atoms with Gasteiger partial charge in [0, 0.05) is 28.8 Å².